The number of nitrogens with two attached hydrogens (primary N) is 2. The monoisotopic (exact) mass is 271 g/mol. The van der Waals surface area contributed by atoms with Gasteiger partial charge in [0.1, 0.15) is 0 Å². The van der Waals surface area contributed by atoms with Crippen molar-refractivity contribution in [1.82, 2.24) is 4.31 Å². The fraction of sp³-hybridized carbons (Fsp3) is 0.714. The van der Waals surface area contributed by atoms with Crippen LogP contribution in [0.25, 0.3) is 0 Å². The van der Waals surface area contributed by atoms with Gasteiger partial charge in [-0.15, -0.1) is 11.6 Å². The van der Waals surface area contributed by atoms with Gasteiger partial charge in [-0.25, -0.2) is 8.42 Å². The van der Waals surface area contributed by atoms with Crippen LogP contribution in [0.1, 0.15) is 6.42 Å². The lowest BCUT2D eigenvalue weighted by Crippen LogP contribution is -2.44. The number of carbonyl (C=O) groups excluding carboxylic acids is 2. The first-order valence-electron chi connectivity index (χ1n) is 4.40. The van der Waals surface area contributed by atoms with E-state index in [0.29, 0.717) is 4.31 Å². The van der Waals surface area contributed by atoms with E-state index in [0.717, 1.165) is 0 Å². The van der Waals surface area contributed by atoms with E-state index >= 15 is 0 Å². The van der Waals surface area contributed by atoms with E-state index in [1.807, 2.05) is 0 Å². The van der Waals surface area contributed by atoms with Crippen molar-refractivity contribution in [3.8, 4) is 0 Å². The molecule has 0 saturated carbocycles. The summed E-state index contributed by atoms with van der Waals surface area (Å²) >= 11 is 5.36. The topological polar surface area (TPSA) is 124 Å². The molecule has 0 unspecified atom stereocenters. The molecule has 7 nitrogen and oxygen atoms in total. The molecule has 0 rings (SSSR count). The molecule has 0 aliphatic carbocycles. The Bertz CT molecular complexity index is 341. The molecule has 0 heterocycles. The number of alkyl halides is 1. The van der Waals surface area contributed by atoms with Crippen molar-refractivity contribution in [3.05, 3.63) is 0 Å². The van der Waals surface area contributed by atoms with E-state index in [1.54, 1.807) is 0 Å². The largest absolute Gasteiger partial charge is 0.369 e. The first-order chi connectivity index (χ1) is 7.29. The van der Waals surface area contributed by atoms with Gasteiger partial charge in [0.05, 0.1) is 18.8 Å². The maximum atomic E-state index is 11.6. The SMILES string of the molecule is NC(=O)CN(CC(N)=O)S(=O)(=O)CCCCl. The van der Waals surface area contributed by atoms with E-state index in [-0.39, 0.29) is 18.1 Å². The Kier molecular flexibility index (Phi) is 6.31. The first kappa shape index (κ1) is 15.1. The van der Waals surface area contributed by atoms with Gasteiger partial charge in [0.2, 0.25) is 21.8 Å². The van der Waals surface area contributed by atoms with Gasteiger partial charge in [0.25, 0.3) is 0 Å². The molecule has 2 amide bonds. The summed E-state index contributed by atoms with van der Waals surface area (Å²) in [5, 5.41) is 0. The van der Waals surface area contributed by atoms with Gasteiger partial charge in [0, 0.05) is 5.88 Å². The van der Waals surface area contributed by atoms with Gasteiger partial charge in [0.15, 0.2) is 0 Å². The molecule has 0 radical (unpaired) electrons. The van der Waals surface area contributed by atoms with Gasteiger partial charge >= 0.3 is 0 Å². The molecule has 0 aromatic carbocycles. The Labute approximate surface area is 98.8 Å². The summed E-state index contributed by atoms with van der Waals surface area (Å²) in [5.41, 5.74) is 9.74. The molecule has 0 aromatic heterocycles. The maximum Gasteiger partial charge on any atom is 0.232 e. The van der Waals surface area contributed by atoms with Crippen molar-refractivity contribution in [2.45, 2.75) is 6.42 Å². The summed E-state index contributed by atoms with van der Waals surface area (Å²) in [5.74, 6) is -1.79. The van der Waals surface area contributed by atoms with Crippen molar-refractivity contribution in [3.63, 3.8) is 0 Å². The number of sulfonamides is 1. The highest BCUT2D eigenvalue weighted by molar-refractivity contribution is 7.89. The average Bonchev–Trinajstić information content (AvgIpc) is 2.12. The molecule has 0 aliphatic rings. The molecular weight excluding hydrogens is 258 g/mol. The van der Waals surface area contributed by atoms with Crippen LogP contribution in [-0.4, -0.2) is 49.3 Å². The molecular formula is C7H14ClN3O4S. The number of hydrogen-bond donors (Lipinski definition) is 2. The van der Waals surface area contributed by atoms with Crippen molar-refractivity contribution < 1.29 is 18.0 Å². The lowest BCUT2D eigenvalue weighted by Gasteiger charge is -2.18. The fourth-order valence-electron chi connectivity index (χ4n) is 0.966. The molecule has 0 fully saturated rings. The lowest BCUT2D eigenvalue weighted by atomic mass is 10.5. The second-order valence-corrected chi connectivity index (χ2v) is 5.53. The van der Waals surface area contributed by atoms with Gasteiger partial charge in [-0.3, -0.25) is 9.59 Å². The number of rotatable bonds is 8. The Hall–Kier alpha value is -0.860. The van der Waals surface area contributed by atoms with Crippen LogP contribution in [-0.2, 0) is 19.6 Å². The van der Waals surface area contributed by atoms with Crippen molar-refractivity contribution in [2.24, 2.45) is 11.5 Å². The molecule has 0 aromatic rings. The molecule has 0 saturated heterocycles. The van der Waals surface area contributed by atoms with Crippen molar-refractivity contribution >= 4 is 33.4 Å². The summed E-state index contributed by atoms with van der Waals surface area (Å²) in [6.45, 7) is -1.12. The van der Waals surface area contributed by atoms with E-state index in [2.05, 4.69) is 0 Å². The third kappa shape index (κ3) is 5.89. The molecule has 0 spiro atoms. The molecule has 94 valence electrons. The standard InChI is InChI=1S/C7H14ClN3O4S/c8-2-1-3-16(14,15)11(4-6(9)12)5-7(10)13/h1-5H2,(H2,9,12)(H2,10,13). The minimum atomic E-state index is -3.73. The zero-order chi connectivity index (χ0) is 12.8. The molecule has 0 aliphatic heterocycles. The summed E-state index contributed by atoms with van der Waals surface area (Å²) in [6, 6.07) is 0. The molecule has 4 N–H and O–H groups in total. The highest BCUT2D eigenvalue weighted by Gasteiger charge is 2.24. The predicted octanol–water partition coefficient (Wildman–Crippen LogP) is -1.78. The first-order valence-corrected chi connectivity index (χ1v) is 6.54. The summed E-state index contributed by atoms with van der Waals surface area (Å²) < 4.78 is 23.9. The van der Waals surface area contributed by atoms with Gasteiger partial charge < -0.3 is 11.5 Å². The van der Waals surface area contributed by atoms with Gasteiger partial charge in [-0.1, -0.05) is 0 Å². The Morgan fingerprint density at radius 1 is 1.12 bits per heavy atom. The van der Waals surface area contributed by atoms with Crippen LogP contribution in [0.2, 0.25) is 0 Å². The Morgan fingerprint density at radius 3 is 1.88 bits per heavy atom. The number of halogens is 1. The van der Waals surface area contributed by atoms with Gasteiger partial charge in [-0.05, 0) is 6.42 Å². The highest BCUT2D eigenvalue weighted by atomic mass is 35.5. The fourth-order valence-corrected chi connectivity index (χ4v) is 2.67. The lowest BCUT2D eigenvalue weighted by molar-refractivity contribution is -0.120. The molecule has 0 atom stereocenters. The third-order valence-corrected chi connectivity index (χ3v) is 3.71. The molecule has 9 heteroatoms. The zero-order valence-corrected chi connectivity index (χ0v) is 10.1. The maximum absolute atomic E-state index is 11.6. The summed E-state index contributed by atoms with van der Waals surface area (Å²) in [6.07, 6.45) is 0.220. The van der Waals surface area contributed by atoms with Crippen LogP contribution >= 0.6 is 11.6 Å². The van der Waals surface area contributed by atoms with Crippen molar-refractivity contribution in [2.75, 3.05) is 24.7 Å². The normalized spacial score (nSPS) is 11.6. The quantitative estimate of drug-likeness (QED) is 0.506. The second kappa shape index (κ2) is 6.66. The van der Waals surface area contributed by atoms with Crippen LogP contribution in [0, 0.1) is 0 Å². The highest BCUT2D eigenvalue weighted by Crippen LogP contribution is 2.03. The van der Waals surface area contributed by atoms with E-state index in [9.17, 15) is 18.0 Å². The number of hydrogen-bond acceptors (Lipinski definition) is 4. The Morgan fingerprint density at radius 2 is 1.56 bits per heavy atom. The van der Waals surface area contributed by atoms with E-state index in [1.165, 1.54) is 0 Å². The smallest absolute Gasteiger partial charge is 0.232 e. The minimum Gasteiger partial charge on any atom is -0.369 e. The van der Waals surface area contributed by atoms with Crippen molar-refractivity contribution in [1.29, 1.82) is 0 Å². The number of amides is 2. The average molecular weight is 272 g/mol. The zero-order valence-electron chi connectivity index (χ0n) is 8.56. The third-order valence-electron chi connectivity index (χ3n) is 1.59. The van der Waals surface area contributed by atoms with E-state index < -0.39 is 34.9 Å². The number of nitrogens with zero attached hydrogens (tertiary/aromatic N) is 1. The van der Waals surface area contributed by atoms with Crippen LogP contribution in [0.3, 0.4) is 0 Å². The van der Waals surface area contributed by atoms with Crippen LogP contribution < -0.4 is 11.5 Å². The summed E-state index contributed by atoms with van der Waals surface area (Å²) in [4.78, 5) is 21.3. The van der Waals surface area contributed by atoms with Crippen LogP contribution in [0.15, 0.2) is 0 Å². The molecule has 0 bridgehead atoms. The number of carbonyl (C=O) groups is 2. The van der Waals surface area contributed by atoms with Crippen LogP contribution in [0.5, 0.6) is 0 Å². The summed E-state index contributed by atoms with van der Waals surface area (Å²) in [7, 11) is -3.73. The minimum absolute atomic E-state index is 0.167. The van der Waals surface area contributed by atoms with E-state index in [4.69, 9.17) is 23.1 Å². The Balaban J connectivity index is 4.72. The molecule has 16 heavy (non-hydrogen) atoms. The number of primary amides is 2. The second-order valence-electron chi connectivity index (χ2n) is 3.06. The van der Waals surface area contributed by atoms with Gasteiger partial charge in [-0.2, -0.15) is 4.31 Å². The van der Waals surface area contributed by atoms with Crippen LogP contribution in [0.4, 0.5) is 0 Å². The predicted molar refractivity (Wildman–Crippen MR) is 59.1 cm³/mol.